The number of amides is 1. The van der Waals surface area contributed by atoms with E-state index in [9.17, 15) is 34.1 Å². The minimum absolute atomic E-state index is 0.0935. The van der Waals surface area contributed by atoms with Crippen LogP contribution < -0.4 is 5.32 Å². The molecule has 306 valence electrons. The summed E-state index contributed by atoms with van der Waals surface area (Å²) in [5, 5.41) is 21.6. The van der Waals surface area contributed by atoms with Crippen molar-refractivity contribution < 1.29 is 47.8 Å². The predicted molar refractivity (Wildman–Crippen MR) is 217 cm³/mol. The molecule has 0 aromatic heterocycles. The zero-order chi connectivity index (χ0) is 40.0. The van der Waals surface area contributed by atoms with E-state index in [-0.39, 0.29) is 12.8 Å². The van der Waals surface area contributed by atoms with Crippen LogP contribution in [0.4, 0.5) is 0 Å². The van der Waals surface area contributed by atoms with Crippen LogP contribution in [0.3, 0.4) is 0 Å². The number of aliphatic hydroxyl groups excluding tert-OH is 1. The number of carbonyl (C=O) groups is 3. The van der Waals surface area contributed by atoms with Gasteiger partial charge in [-0.15, -0.1) is 0 Å². The summed E-state index contributed by atoms with van der Waals surface area (Å²) in [6.07, 6.45) is 43.7. The summed E-state index contributed by atoms with van der Waals surface area (Å²) in [7, 11) is -4.78. The van der Waals surface area contributed by atoms with Crippen LogP contribution in [-0.4, -0.2) is 64.9 Å². The predicted octanol–water partition coefficient (Wildman–Crippen LogP) is 9.55. The first-order valence-electron chi connectivity index (χ1n) is 19.6. The third-order valence-corrected chi connectivity index (χ3v) is 8.68. The van der Waals surface area contributed by atoms with Gasteiger partial charge in [0.2, 0.25) is 5.91 Å². The number of ether oxygens (including phenoxy) is 1. The van der Waals surface area contributed by atoms with Crippen LogP contribution in [0.25, 0.3) is 0 Å². The second-order valence-electron chi connectivity index (χ2n) is 12.8. The van der Waals surface area contributed by atoms with Gasteiger partial charge in [-0.25, -0.2) is 9.36 Å². The molecule has 4 N–H and O–H groups in total. The number of aliphatic carboxylic acids is 1. The lowest BCUT2D eigenvalue weighted by Crippen LogP contribution is -2.43. The highest BCUT2D eigenvalue weighted by Crippen LogP contribution is 2.43. The van der Waals surface area contributed by atoms with Crippen molar-refractivity contribution in [2.45, 2.75) is 142 Å². The minimum atomic E-state index is -4.78. The summed E-state index contributed by atoms with van der Waals surface area (Å²) in [5.74, 6) is -2.56. The van der Waals surface area contributed by atoms with E-state index in [2.05, 4.69) is 79.9 Å². The number of phosphoric acid groups is 1. The molecule has 0 rings (SSSR count). The Morgan fingerprint density at radius 2 is 1.04 bits per heavy atom. The van der Waals surface area contributed by atoms with Crippen molar-refractivity contribution >= 4 is 25.7 Å². The van der Waals surface area contributed by atoms with Gasteiger partial charge in [0, 0.05) is 12.8 Å². The van der Waals surface area contributed by atoms with Crippen LogP contribution in [0, 0.1) is 0 Å². The number of hydrogen-bond acceptors (Lipinski definition) is 8. The van der Waals surface area contributed by atoms with Gasteiger partial charge in [0.1, 0.15) is 12.7 Å². The molecule has 0 saturated heterocycles. The molecule has 0 heterocycles. The molecule has 0 aliphatic heterocycles. The number of esters is 1. The van der Waals surface area contributed by atoms with E-state index in [1.165, 1.54) is 32.1 Å². The number of phosphoric ester groups is 1. The molecule has 0 aromatic carbocycles. The average Bonchev–Trinajstić information content (AvgIpc) is 3.14. The van der Waals surface area contributed by atoms with E-state index in [0.717, 1.165) is 57.8 Å². The maximum atomic E-state index is 12.2. The molecular formula is C42H68NO10P. The molecule has 3 unspecified atom stereocenters. The first-order valence-corrected chi connectivity index (χ1v) is 21.1. The van der Waals surface area contributed by atoms with Gasteiger partial charge >= 0.3 is 19.8 Å². The molecule has 1 amide bonds. The van der Waals surface area contributed by atoms with Crippen molar-refractivity contribution in [3.8, 4) is 0 Å². The molecular weight excluding hydrogens is 709 g/mol. The van der Waals surface area contributed by atoms with Gasteiger partial charge in [-0.2, -0.15) is 0 Å². The van der Waals surface area contributed by atoms with Gasteiger partial charge in [-0.1, -0.05) is 150 Å². The van der Waals surface area contributed by atoms with Gasteiger partial charge < -0.3 is 25.2 Å². The highest BCUT2D eigenvalue weighted by atomic mass is 31.2. The lowest BCUT2D eigenvalue weighted by Gasteiger charge is -2.18. The number of allylic oxidation sites excluding steroid dienone is 13. The average molecular weight is 778 g/mol. The Bertz CT molecular complexity index is 1240. The van der Waals surface area contributed by atoms with Crippen LogP contribution in [0.2, 0.25) is 0 Å². The third kappa shape index (κ3) is 35.7. The smallest absolute Gasteiger partial charge is 0.472 e. The number of unbranched alkanes of at least 4 members (excludes halogenated alkanes) is 8. The van der Waals surface area contributed by atoms with Gasteiger partial charge in [-0.05, 0) is 51.4 Å². The number of aliphatic hydroxyl groups is 1. The minimum Gasteiger partial charge on any atom is -0.480 e. The first kappa shape index (κ1) is 50.7. The van der Waals surface area contributed by atoms with Crippen molar-refractivity contribution in [1.29, 1.82) is 0 Å². The molecule has 0 aliphatic carbocycles. The van der Waals surface area contributed by atoms with Gasteiger partial charge in [0.15, 0.2) is 6.04 Å². The van der Waals surface area contributed by atoms with Crippen LogP contribution >= 0.6 is 7.82 Å². The number of rotatable bonds is 35. The lowest BCUT2D eigenvalue weighted by atomic mass is 10.1. The van der Waals surface area contributed by atoms with Gasteiger partial charge in [0.05, 0.1) is 13.2 Å². The number of nitrogens with one attached hydrogen (secondary N) is 1. The number of carbonyl (C=O) groups excluding carboxylic acids is 2. The number of carboxylic acid groups (broad SMARTS) is 1. The van der Waals surface area contributed by atoms with Crippen LogP contribution in [-0.2, 0) is 32.7 Å². The second-order valence-corrected chi connectivity index (χ2v) is 14.2. The van der Waals surface area contributed by atoms with E-state index in [4.69, 9.17) is 13.8 Å². The summed E-state index contributed by atoms with van der Waals surface area (Å²) in [5.41, 5.74) is 0. The topological polar surface area (TPSA) is 169 Å². The number of hydrogen-bond donors (Lipinski definition) is 4. The lowest BCUT2D eigenvalue weighted by molar-refractivity contribution is -0.147. The molecule has 0 radical (unpaired) electrons. The molecule has 0 aromatic rings. The Labute approximate surface area is 324 Å². The summed E-state index contributed by atoms with van der Waals surface area (Å²) >= 11 is 0. The van der Waals surface area contributed by atoms with E-state index in [0.29, 0.717) is 12.8 Å². The Balaban J connectivity index is 4.13. The van der Waals surface area contributed by atoms with E-state index >= 15 is 0 Å². The summed E-state index contributed by atoms with van der Waals surface area (Å²) in [6.45, 7) is 2.35. The first-order chi connectivity index (χ1) is 26.1. The fourth-order valence-corrected chi connectivity index (χ4v) is 5.46. The molecule has 0 bridgehead atoms. The van der Waals surface area contributed by atoms with Crippen molar-refractivity contribution in [3.63, 3.8) is 0 Å². The van der Waals surface area contributed by atoms with E-state index < -0.39 is 57.6 Å². The van der Waals surface area contributed by atoms with Gasteiger partial charge in [0.25, 0.3) is 0 Å². The van der Waals surface area contributed by atoms with Crippen LogP contribution in [0.15, 0.2) is 85.1 Å². The molecule has 11 nitrogen and oxygen atoms in total. The van der Waals surface area contributed by atoms with Gasteiger partial charge in [-0.3, -0.25) is 18.6 Å². The Morgan fingerprint density at radius 3 is 1.50 bits per heavy atom. The standard InChI is InChI=1S/C42H68NO10P/c1-3-5-7-9-11-13-14-15-16-17-18-19-20-21-22-23-24-26-27-29-31-33-40(45)43-39(42(47)48)37-53-54(49,50)52-36-38(44)35-51-41(46)34-32-30-28-25-12-10-8-6-4-2/h5,7,11,13,15-16,18-19,21-22,24,26,29,31,38-39,44H,3-4,6,8-10,12,14,17,20,23,25,27-28,30,32-37H2,1-2H3,(H,43,45)(H,47,48)(H,49,50)/b7-5-,13-11-,16-15-,19-18-,22-21-,26-24-,31-29-. The van der Waals surface area contributed by atoms with E-state index in [1.807, 2.05) is 12.2 Å². The highest BCUT2D eigenvalue weighted by Gasteiger charge is 2.28. The maximum absolute atomic E-state index is 12.2. The SMILES string of the molecule is CC/C=C\C/C=C\C/C=C\C/C=C\C/C=C\C/C=C\C/C=C\CC(=O)NC(COP(=O)(O)OCC(O)COC(=O)CCCCCCCCCCC)C(=O)O. The fourth-order valence-electron chi connectivity index (χ4n) is 4.69. The zero-order valence-electron chi connectivity index (χ0n) is 32.7. The fraction of sp³-hybridized carbons (Fsp3) is 0.595. The molecule has 12 heteroatoms. The molecule has 0 aliphatic rings. The van der Waals surface area contributed by atoms with E-state index in [1.54, 1.807) is 12.2 Å². The van der Waals surface area contributed by atoms with Crippen LogP contribution in [0.1, 0.15) is 129 Å². The Kier molecular flexibility index (Phi) is 34.4. The largest absolute Gasteiger partial charge is 0.480 e. The molecule has 0 saturated carbocycles. The monoisotopic (exact) mass is 777 g/mol. The Hall–Kier alpha value is -3.34. The van der Waals surface area contributed by atoms with Crippen molar-refractivity contribution in [2.75, 3.05) is 19.8 Å². The number of carboxylic acids is 1. The molecule has 0 fully saturated rings. The third-order valence-electron chi connectivity index (χ3n) is 7.73. The molecule has 0 spiro atoms. The quantitative estimate of drug-likeness (QED) is 0.0210. The van der Waals surface area contributed by atoms with Crippen LogP contribution in [0.5, 0.6) is 0 Å². The zero-order valence-corrected chi connectivity index (χ0v) is 33.6. The summed E-state index contributed by atoms with van der Waals surface area (Å²) in [4.78, 5) is 45.6. The maximum Gasteiger partial charge on any atom is 0.472 e. The van der Waals surface area contributed by atoms with Crippen molar-refractivity contribution in [1.82, 2.24) is 5.32 Å². The molecule has 54 heavy (non-hydrogen) atoms. The van der Waals surface area contributed by atoms with Crippen molar-refractivity contribution in [3.05, 3.63) is 85.1 Å². The summed E-state index contributed by atoms with van der Waals surface area (Å²) in [6, 6.07) is -1.61. The summed E-state index contributed by atoms with van der Waals surface area (Å²) < 4.78 is 26.6. The normalized spacial score (nSPS) is 14.7. The second kappa shape index (κ2) is 36.6. The highest BCUT2D eigenvalue weighted by molar-refractivity contribution is 7.47. The van der Waals surface area contributed by atoms with Crippen molar-refractivity contribution in [2.24, 2.45) is 0 Å². The Morgan fingerprint density at radius 1 is 0.611 bits per heavy atom. The molecule has 3 atom stereocenters.